The van der Waals surface area contributed by atoms with Crippen LogP contribution in [-0.4, -0.2) is 39.5 Å². The number of rotatable bonds is 4. The van der Waals surface area contributed by atoms with E-state index in [0.717, 1.165) is 6.26 Å². The molecule has 0 bridgehead atoms. The van der Waals surface area contributed by atoms with Crippen LogP contribution in [0.3, 0.4) is 0 Å². The number of allylic oxidation sites excluding steroid dienone is 1. The van der Waals surface area contributed by atoms with Crippen molar-refractivity contribution in [1.29, 1.82) is 0 Å². The third-order valence-corrected chi connectivity index (χ3v) is 3.48. The zero-order valence-corrected chi connectivity index (χ0v) is 10.9. The van der Waals surface area contributed by atoms with Crippen molar-refractivity contribution in [2.24, 2.45) is 0 Å². The molecule has 0 radical (unpaired) electrons. The van der Waals surface area contributed by atoms with Crippen molar-refractivity contribution in [2.75, 3.05) is 20.4 Å². The fourth-order valence-electron chi connectivity index (χ4n) is 1.22. The molecule has 0 aliphatic carbocycles. The van der Waals surface area contributed by atoms with Crippen LogP contribution in [0.2, 0.25) is 0 Å². The molecule has 0 amide bonds. The highest BCUT2D eigenvalue weighted by Crippen LogP contribution is 2.13. The summed E-state index contributed by atoms with van der Waals surface area (Å²) in [7, 11) is 0.229. The van der Waals surface area contributed by atoms with Gasteiger partial charge < -0.3 is 4.90 Å². The zero-order chi connectivity index (χ0) is 13.2. The highest BCUT2D eigenvalue weighted by molar-refractivity contribution is 7.90. The van der Waals surface area contributed by atoms with Crippen LogP contribution in [0, 0.1) is 0 Å². The lowest BCUT2D eigenvalue weighted by Crippen LogP contribution is -2.18. The van der Waals surface area contributed by atoms with E-state index in [4.69, 9.17) is 0 Å². The van der Waals surface area contributed by atoms with Gasteiger partial charge in [0.05, 0.1) is 10.6 Å². The average Bonchev–Trinajstić information content (AvgIpc) is 2.26. The molecule has 0 aliphatic heterocycles. The first-order valence-electron chi connectivity index (χ1n) is 4.94. The molecular formula is C12H15NO3S. The molecule has 0 fully saturated rings. The third-order valence-electron chi connectivity index (χ3n) is 2.35. The summed E-state index contributed by atoms with van der Waals surface area (Å²) in [4.78, 5) is 13.7. The molecule has 5 heteroatoms. The van der Waals surface area contributed by atoms with E-state index < -0.39 is 9.84 Å². The van der Waals surface area contributed by atoms with Crippen molar-refractivity contribution in [3.05, 3.63) is 42.1 Å². The van der Waals surface area contributed by atoms with Crippen molar-refractivity contribution in [3.8, 4) is 0 Å². The van der Waals surface area contributed by atoms with Gasteiger partial charge in [-0.25, -0.2) is 8.42 Å². The molecule has 1 aromatic carbocycles. The summed E-state index contributed by atoms with van der Waals surface area (Å²) in [5.41, 5.74) is 0.785. The van der Waals surface area contributed by atoms with E-state index in [0.29, 0.717) is 11.3 Å². The Morgan fingerprint density at radius 1 is 1.18 bits per heavy atom. The first kappa shape index (κ1) is 13.4. The average molecular weight is 253 g/mol. The van der Waals surface area contributed by atoms with Gasteiger partial charge in [0.25, 0.3) is 0 Å². The second-order valence-electron chi connectivity index (χ2n) is 3.97. The second-order valence-corrected chi connectivity index (χ2v) is 5.98. The maximum Gasteiger partial charge on any atom is 0.208 e. The molecule has 1 rings (SSSR count). The zero-order valence-electron chi connectivity index (χ0n) is 10.1. The quantitative estimate of drug-likeness (QED) is 0.600. The standard InChI is InChI=1S/C12H15NO3S/c1-9(13(2)3)12(14)10-5-7-11(8-6-10)17(4,15)16/h5-8H,1H2,2-4H3. The van der Waals surface area contributed by atoms with Gasteiger partial charge in [-0.3, -0.25) is 4.79 Å². The van der Waals surface area contributed by atoms with Crippen LogP contribution < -0.4 is 0 Å². The van der Waals surface area contributed by atoms with Gasteiger partial charge >= 0.3 is 0 Å². The maximum absolute atomic E-state index is 11.9. The van der Waals surface area contributed by atoms with Crippen molar-refractivity contribution in [1.82, 2.24) is 4.90 Å². The number of Topliss-reactive ketones (excluding diaryl/α,β-unsaturated/α-hetero) is 1. The molecule has 0 unspecified atom stereocenters. The van der Waals surface area contributed by atoms with E-state index in [9.17, 15) is 13.2 Å². The molecular weight excluding hydrogens is 238 g/mol. The summed E-state index contributed by atoms with van der Waals surface area (Å²) in [6.45, 7) is 3.66. The number of carbonyl (C=O) groups excluding carboxylic acids is 1. The summed E-state index contributed by atoms with van der Waals surface area (Å²) in [5.74, 6) is -0.213. The molecule has 0 atom stereocenters. The minimum absolute atomic E-state index is 0.199. The van der Waals surface area contributed by atoms with E-state index in [2.05, 4.69) is 6.58 Å². The Balaban J connectivity index is 3.04. The van der Waals surface area contributed by atoms with Crippen molar-refractivity contribution in [2.45, 2.75) is 4.90 Å². The number of nitrogens with zero attached hydrogens (tertiary/aromatic N) is 1. The summed E-state index contributed by atoms with van der Waals surface area (Å²) in [5, 5.41) is 0. The van der Waals surface area contributed by atoms with Gasteiger partial charge in [-0.1, -0.05) is 6.58 Å². The molecule has 17 heavy (non-hydrogen) atoms. The Bertz CT molecular complexity index is 542. The Hall–Kier alpha value is -1.62. The van der Waals surface area contributed by atoms with Gasteiger partial charge in [0.2, 0.25) is 5.78 Å². The Morgan fingerprint density at radius 3 is 2.00 bits per heavy atom. The van der Waals surface area contributed by atoms with Gasteiger partial charge in [0.15, 0.2) is 9.84 Å². The van der Waals surface area contributed by atoms with Crippen LogP contribution in [0.1, 0.15) is 10.4 Å². The van der Waals surface area contributed by atoms with E-state index in [1.54, 1.807) is 19.0 Å². The second kappa shape index (κ2) is 4.71. The smallest absolute Gasteiger partial charge is 0.208 e. The molecule has 0 heterocycles. The topological polar surface area (TPSA) is 54.5 Å². The minimum Gasteiger partial charge on any atom is -0.375 e. The van der Waals surface area contributed by atoms with Crippen molar-refractivity contribution < 1.29 is 13.2 Å². The van der Waals surface area contributed by atoms with E-state index in [1.165, 1.54) is 24.3 Å². The summed E-state index contributed by atoms with van der Waals surface area (Å²) < 4.78 is 22.5. The Morgan fingerprint density at radius 2 is 1.65 bits per heavy atom. The van der Waals surface area contributed by atoms with Crippen LogP contribution >= 0.6 is 0 Å². The van der Waals surface area contributed by atoms with Gasteiger partial charge in [-0.15, -0.1) is 0 Å². The molecule has 0 saturated heterocycles. The van der Waals surface area contributed by atoms with E-state index >= 15 is 0 Å². The SMILES string of the molecule is C=C(C(=O)c1ccc(S(C)(=O)=O)cc1)N(C)C. The first-order chi connectivity index (χ1) is 7.73. The molecule has 0 N–H and O–H groups in total. The van der Waals surface area contributed by atoms with Crippen molar-refractivity contribution in [3.63, 3.8) is 0 Å². The Labute approximate surface area is 101 Å². The maximum atomic E-state index is 11.9. The van der Waals surface area contributed by atoms with Crippen molar-refractivity contribution >= 4 is 15.6 Å². The number of ketones is 1. The highest BCUT2D eigenvalue weighted by atomic mass is 32.2. The molecule has 0 saturated carbocycles. The number of hydrogen-bond acceptors (Lipinski definition) is 4. The molecule has 1 aromatic rings. The molecule has 0 spiro atoms. The number of hydrogen-bond donors (Lipinski definition) is 0. The minimum atomic E-state index is -3.23. The summed E-state index contributed by atoms with van der Waals surface area (Å²) in [6.07, 6.45) is 1.13. The number of likely N-dealkylation sites (N-methyl/N-ethyl adjacent to an activating group) is 1. The number of carbonyl (C=O) groups is 1. The lowest BCUT2D eigenvalue weighted by molar-refractivity contribution is 0.100. The third kappa shape index (κ3) is 3.17. The van der Waals surface area contributed by atoms with Gasteiger partial charge in [-0.2, -0.15) is 0 Å². The molecule has 0 aliphatic rings. The largest absolute Gasteiger partial charge is 0.375 e. The van der Waals surface area contributed by atoms with E-state index in [1.807, 2.05) is 0 Å². The normalized spacial score (nSPS) is 11.0. The van der Waals surface area contributed by atoms with Crippen LogP contribution in [0.4, 0.5) is 0 Å². The highest BCUT2D eigenvalue weighted by Gasteiger charge is 2.13. The predicted octanol–water partition coefficient (Wildman–Crippen LogP) is 1.35. The number of benzene rings is 1. The summed E-state index contributed by atoms with van der Waals surface area (Å²) >= 11 is 0. The molecule has 0 aromatic heterocycles. The fourth-order valence-corrected chi connectivity index (χ4v) is 1.85. The fraction of sp³-hybridized carbons (Fsp3) is 0.250. The predicted molar refractivity (Wildman–Crippen MR) is 66.7 cm³/mol. The lowest BCUT2D eigenvalue weighted by atomic mass is 10.1. The number of sulfone groups is 1. The van der Waals surface area contributed by atoms with E-state index in [-0.39, 0.29) is 10.7 Å². The van der Waals surface area contributed by atoms with Crippen LogP contribution in [0.15, 0.2) is 41.4 Å². The van der Waals surface area contributed by atoms with Crippen LogP contribution in [-0.2, 0) is 9.84 Å². The Kier molecular flexibility index (Phi) is 3.72. The molecule has 92 valence electrons. The lowest BCUT2D eigenvalue weighted by Gasteiger charge is -2.14. The summed E-state index contributed by atoms with van der Waals surface area (Å²) in [6, 6.07) is 5.83. The molecule has 4 nitrogen and oxygen atoms in total. The van der Waals surface area contributed by atoms with Crippen LogP contribution in [0.25, 0.3) is 0 Å². The van der Waals surface area contributed by atoms with Gasteiger partial charge in [-0.05, 0) is 24.3 Å². The van der Waals surface area contributed by atoms with Gasteiger partial charge in [0.1, 0.15) is 0 Å². The van der Waals surface area contributed by atoms with Gasteiger partial charge in [0, 0.05) is 25.9 Å². The monoisotopic (exact) mass is 253 g/mol. The first-order valence-corrected chi connectivity index (χ1v) is 6.83. The van der Waals surface area contributed by atoms with Crippen LogP contribution in [0.5, 0.6) is 0 Å².